The van der Waals surface area contributed by atoms with Gasteiger partial charge in [0.05, 0.1) is 19.8 Å². The van der Waals surface area contributed by atoms with Crippen LogP contribution in [0.2, 0.25) is 0 Å². The zero-order chi connectivity index (χ0) is 22.6. The number of rotatable bonds is 9. The fourth-order valence-corrected chi connectivity index (χ4v) is 4.28. The summed E-state index contributed by atoms with van der Waals surface area (Å²) in [6, 6.07) is 7.95. The molecule has 178 valence electrons. The van der Waals surface area contributed by atoms with Gasteiger partial charge in [-0.2, -0.15) is 0 Å². The molecule has 8 heteroatoms. The normalized spacial score (nSPS) is 17.7. The Bertz CT molecular complexity index is 716. The van der Waals surface area contributed by atoms with Crippen molar-refractivity contribution < 1.29 is 19.1 Å². The van der Waals surface area contributed by atoms with Crippen molar-refractivity contribution in [1.29, 1.82) is 0 Å². The second kappa shape index (κ2) is 13.3. The number of anilines is 1. The van der Waals surface area contributed by atoms with Crippen LogP contribution in [-0.4, -0.2) is 62.0 Å². The molecule has 1 aromatic rings. The minimum absolute atomic E-state index is 0.0694. The molecule has 0 aromatic heterocycles. The van der Waals surface area contributed by atoms with Gasteiger partial charge in [0, 0.05) is 37.5 Å². The lowest BCUT2D eigenvalue weighted by atomic mass is 9.96. The Morgan fingerprint density at radius 2 is 1.66 bits per heavy atom. The molecular formula is C24H38N4O4. The number of hydrogen-bond donors (Lipinski definition) is 3. The number of ether oxygens (including phenoxy) is 2. The van der Waals surface area contributed by atoms with E-state index < -0.39 is 0 Å². The first-order valence-corrected chi connectivity index (χ1v) is 12.0. The van der Waals surface area contributed by atoms with Crippen LogP contribution in [-0.2, 0) is 16.1 Å². The van der Waals surface area contributed by atoms with Gasteiger partial charge in [-0.3, -0.25) is 0 Å². The molecule has 1 saturated carbocycles. The van der Waals surface area contributed by atoms with E-state index in [1.165, 1.54) is 19.3 Å². The SMILES string of the molecule is CCOCCOCc1cccc(NC(=O)N2CCC(NC(=O)NC3CCCCC3)CC2)c1. The monoisotopic (exact) mass is 446 g/mol. The highest BCUT2D eigenvalue weighted by atomic mass is 16.5. The summed E-state index contributed by atoms with van der Waals surface area (Å²) < 4.78 is 10.9. The third kappa shape index (κ3) is 8.31. The molecule has 0 atom stereocenters. The van der Waals surface area contributed by atoms with Crippen molar-refractivity contribution in [2.24, 2.45) is 0 Å². The maximum atomic E-state index is 12.7. The predicted octanol–water partition coefficient (Wildman–Crippen LogP) is 3.87. The number of urea groups is 2. The van der Waals surface area contributed by atoms with Crippen molar-refractivity contribution >= 4 is 17.7 Å². The van der Waals surface area contributed by atoms with Gasteiger partial charge in [-0.05, 0) is 50.3 Å². The summed E-state index contributed by atoms with van der Waals surface area (Å²) in [7, 11) is 0. The average Bonchev–Trinajstić information content (AvgIpc) is 2.80. The lowest BCUT2D eigenvalue weighted by Crippen LogP contribution is -2.51. The minimum Gasteiger partial charge on any atom is -0.379 e. The van der Waals surface area contributed by atoms with Gasteiger partial charge < -0.3 is 30.3 Å². The van der Waals surface area contributed by atoms with Crippen LogP contribution in [0.4, 0.5) is 15.3 Å². The molecule has 1 aromatic carbocycles. The Kier molecular flexibility index (Phi) is 10.1. The fraction of sp³-hybridized carbons (Fsp3) is 0.667. The van der Waals surface area contributed by atoms with Crippen molar-refractivity contribution in [3.05, 3.63) is 29.8 Å². The molecule has 4 amide bonds. The molecule has 0 radical (unpaired) electrons. The number of amides is 4. The summed E-state index contributed by atoms with van der Waals surface area (Å²) >= 11 is 0. The van der Waals surface area contributed by atoms with Crippen LogP contribution in [0.25, 0.3) is 0 Å². The number of carbonyl (C=O) groups is 2. The van der Waals surface area contributed by atoms with Crippen LogP contribution in [0.1, 0.15) is 57.4 Å². The Labute approximate surface area is 191 Å². The van der Waals surface area contributed by atoms with E-state index in [0.717, 1.165) is 36.9 Å². The molecule has 1 saturated heterocycles. The zero-order valence-electron chi connectivity index (χ0n) is 19.2. The smallest absolute Gasteiger partial charge is 0.321 e. The van der Waals surface area contributed by atoms with Crippen LogP contribution in [0.5, 0.6) is 0 Å². The van der Waals surface area contributed by atoms with Gasteiger partial charge in [0.15, 0.2) is 0 Å². The number of nitrogens with zero attached hydrogens (tertiary/aromatic N) is 1. The second-order valence-electron chi connectivity index (χ2n) is 8.59. The van der Waals surface area contributed by atoms with Gasteiger partial charge >= 0.3 is 12.1 Å². The van der Waals surface area contributed by atoms with E-state index in [9.17, 15) is 9.59 Å². The van der Waals surface area contributed by atoms with Gasteiger partial charge in [-0.15, -0.1) is 0 Å². The summed E-state index contributed by atoms with van der Waals surface area (Å²) in [5.41, 5.74) is 1.76. The van der Waals surface area contributed by atoms with Crippen molar-refractivity contribution in [2.75, 3.05) is 38.2 Å². The number of likely N-dealkylation sites (tertiary alicyclic amines) is 1. The first kappa shape index (κ1) is 24.3. The number of hydrogen-bond acceptors (Lipinski definition) is 4. The van der Waals surface area contributed by atoms with Crippen LogP contribution in [0, 0.1) is 0 Å². The molecule has 0 unspecified atom stereocenters. The highest BCUT2D eigenvalue weighted by Gasteiger charge is 2.25. The highest BCUT2D eigenvalue weighted by molar-refractivity contribution is 5.89. The zero-order valence-corrected chi connectivity index (χ0v) is 19.2. The van der Waals surface area contributed by atoms with E-state index in [1.807, 2.05) is 36.1 Å². The van der Waals surface area contributed by atoms with Crippen LogP contribution in [0.15, 0.2) is 24.3 Å². The van der Waals surface area contributed by atoms with E-state index in [1.54, 1.807) is 0 Å². The summed E-state index contributed by atoms with van der Waals surface area (Å²) in [5, 5.41) is 9.17. The summed E-state index contributed by atoms with van der Waals surface area (Å²) in [6.45, 7) is 5.51. The average molecular weight is 447 g/mol. The number of nitrogens with one attached hydrogen (secondary N) is 3. The van der Waals surface area contributed by atoms with E-state index in [4.69, 9.17) is 9.47 Å². The van der Waals surface area contributed by atoms with Crippen LogP contribution >= 0.6 is 0 Å². The maximum Gasteiger partial charge on any atom is 0.321 e. The third-order valence-electron chi connectivity index (χ3n) is 6.08. The molecular weight excluding hydrogens is 408 g/mol. The molecule has 3 N–H and O–H groups in total. The first-order valence-electron chi connectivity index (χ1n) is 12.0. The summed E-state index contributed by atoms with van der Waals surface area (Å²) in [6.07, 6.45) is 7.34. The maximum absolute atomic E-state index is 12.7. The minimum atomic E-state index is -0.107. The molecule has 1 aliphatic carbocycles. The highest BCUT2D eigenvalue weighted by Crippen LogP contribution is 2.18. The Hall–Kier alpha value is -2.32. The third-order valence-corrected chi connectivity index (χ3v) is 6.08. The van der Waals surface area contributed by atoms with Crippen molar-refractivity contribution in [2.45, 2.75) is 70.6 Å². The largest absolute Gasteiger partial charge is 0.379 e. The molecule has 32 heavy (non-hydrogen) atoms. The van der Waals surface area contributed by atoms with Gasteiger partial charge in [0.25, 0.3) is 0 Å². The lowest BCUT2D eigenvalue weighted by Gasteiger charge is -2.33. The summed E-state index contributed by atoms with van der Waals surface area (Å²) in [4.78, 5) is 26.7. The van der Waals surface area contributed by atoms with E-state index in [2.05, 4.69) is 16.0 Å². The Morgan fingerprint density at radius 1 is 0.969 bits per heavy atom. The molecule has 8 nitrogen and oxygen atoms in total. The molecule has 0 bridgehead atoms. The van der Waals surface area contributed by atoms with Gasteiger partial charge in [-0.25, -0.2) is 9.59 Å². The van der Waals surface area contributed by atoms with Crippen molar-refractivity contribution in [1.82, 2.24) is 15.5 Å². The predicted molar refractivity (Wildman–Crippen MR) is 125 cm³/mol. The molecule has 0 spiro atoms. The fourth-order valence-electron chi connectivity index (χ4n) is 4.28. The second-order valence-corrected chi connectivity index (χ2v) is 8.59. The molecule has 1 heterocycles. The van der Waals surface area contributed by atoms with Gasteiger partial charge in [0.1, 0.15) is 0 Å². The van der Waals surface area contributed by atoms with E-state index in [-0.39, 0.29) is 18.1 Å². The number of piperidine rings is 1. The van der Waals surface area contributed by atoms with Crippen LogP contribution < -0.4 is 16.0 Å². The molecule has 3 rings (SSSR count). The number of benzene rings is 1. The quantitative estimate of drug-likeness (QED) is 0.502. The van der Waals surface area contributed by atoms with Gasteiger partial charge in [-0.1, -0.05) is 31.4 Å². The van der Waals surface area contributed by atoms with Crippen molar-refractivity contribution in [3.8, 4) is 0 Å². The standard InChI is InChI=1S/C24H38N4O4/c1-2-31-15-16-32-18-19-7-6-10-22(17-19)27-24(30)28-13-11-21(12-14-28)26-23(29)25-20-8-4-3-5-9-20/h6-7,10,17,20-21H,2-5,8-9,11-16,18H2,1H3,(H,27,30)(H2,25,26,29). The Balaban J connectivity index is 1.36. The lowest BCUT2D eigenvalue weighted by molar-refractivity contribution is 0.0453. The van der Waals surface area contributed by atoms with E-state index >= 15 is 0 Å². The topological polar surface area (TPSA) is 91.9 Å². The van der Waals surface area contributed by atoms with Gasteiger partial charge in [0.2, 0.25) is 0 Å². The molecule has 1 aliphatic heterocycles. The van der Waals surface area contributed by atoms with Crippen LogP contribution in [0.3, 0.4) is 0 Å². The molecule has 2 aliphatic rings. The summed E-state index contributed by atoms with van der Waals surface area (Å²) in [5.74, 6) is 0. The number of carbonyl (C=O) groups excluding carboxylic acids is 2. The molecule has 2 fully saturated rings. The van der Waals surface area contributed by atoms with Crippen molar-refractivity contribution in [3.63, 3.8) is 0 Å². The Morgan fingerprint density at radius 3 is 2.38 bits per heavy atom. The van der Waals surface area contributed by atoms with E-state index in [0.29, 0.717) is 45.6 Å². The first-order chi connectivity index (χ1) is 15.6.